The smallest absolute Gasteiger partial charge is 0.435 e. The first-order valence-electron chi connectivity index (χ1n) is 8.14. The first-order chi connectivity index (χ1) is 12.7. The minimum Gasteiger partial charge on any atom is -0.442 e. The van der Waals surface area contributed by atoms with Gasteiger partial charge in [0, 0.05) is 0 Å². The summed E-state index contributed by atoms with van der Waals surface area (Å²) in [7, 11) is 0. The van der Waals surface area contributed by atoms with Gasteiger partial charge in [0.05, 0.1) is 23.0 Å². The molecule has 2 aromatic heterocycles. The van der Waals surface area contributed by atoms with Crippen molar-refractivity contribution in [2.75, 3.05) is 5.73 Å². The molecule has 2 N–H and O–H groups in total. The van der Waals surface area contributed by atoms with Crippen LogP contribution in [-0.4, -0.2) is 47.9 Å². The summed E-state index contributed by atoms with van der Waals surface area (Å²) in [6.45, 7) is 10.5. The highest BCUT2D eigenvalue weighted by Gasteiger charge is 2.20. The van der Waals surface area contributed by atoms with E-state index in [1.807, 2.05) is 0 Å². The zero-order chi connectivity index (χ0) is 21.7. The van der Waals surface area contributed by atoms with Crippen molar-refractivity contribution < 1.29 is 24.0 Å². The zero-order valence-electron chi connectivity index (χ0n) is 16.6. The summed E-state index contributed by atoms with van der Waals surface area (Å²) < 4.78 is 11.9. The minimum absolute atomic E-state index is 0.249. The van der Waals surface area contributed by atoms with Crippen LogP contribution >= 0.6 is 0 Å². The summed E-state index contributed by atoms with van der Waals surface area (Å²) in [4.78, 5) is 32.3. The summed E-state index contributed by atoms with van der Waals surface area (Å²) in [5.41, 5.74) is 4.40. The first kappa shape index (κ1) is 22.6. The van der Waals surface area contributed by atoms with E-state index in [1.165, 1.54) is 12.4 Å². The molecular weight excluding hydrogens is 372 g/mol. The van der Waals surface area contributed by atoms with Gasteiger partial charge < -0.3 is 15.2 Å². The standard InChI is InChI=1S/C8H11N3O4.C8H13N3O2/c1-8(2,3)15-7(12)10-5-6(4-9-10)11(13)14;1-8(2,3)13-7(12)11-5-6(9)4-10-11/h4-5H,1-3H3;4-5H,9H2,1-3H3. The lowest BCUT2D eigenvalue weighted by molar-refractivity contribution is -0.384. The van der Waals surface area contributed by atoms with Crippen LogP contribution in [0.25, 0.3) is 0 Å². The van der Waals surface area contributed by atoms with Crippen molar-refractivity contribution in [2.45, 2.75) is 52.7 Å². The van der Waals surface area contributed by atoms with Crippen molar-refractivity contribution in [1.29, 1.82) is 0 Å². The second-order valence-corrected chi connectivity index (χ2v) is 7.58. The highest BCUT2D eigenvalue weighted by Crippen LogP contribution is 2.12. The summed E-state index contributed by atoms with van der Waals surface area (Å²) in [6, 6.07) is 0. The van der Waals surface area contributed by atoms with Crippen LogP contribution in [0.1, 0.15) is 41.5 Å². The number of carbonyl (C=O) groups is 2. The largest absolute Gasteiger partial charge is 0.442 e. The van der Waals surface area contributed by atoms with Crippen LogP contribution in [0, 0.1) is 10.1 Å². The van der Waals surface area contributed by atoms with Gasteiger partial charge in [-0.15, -0.1) is 0 Å². The predicted molar refractivity (Wildman–Crippen MR) is 98.8 cm³/mol. The Morgan fingerprint density at radius 1 is 0.964 bits per heavy atom. The van der Waals surface area contributed by atoms with Crippen LogP contribution in [0.5, 0.6) is 0 Å². The number of hydrogen-bond donors (Lipinski definition) is 1. The van der Waals surface area contributed by atoms with Gasteiger partial charge in [-0.2, -0.15) is 19.6 Å². The number of nitro groups is 1. The van der Waals surface area contributed by atoms with Gasteiger partial charge in [-0.3, -0.25) is 10.1 Å². The number of aromatic nitrogens is 4. The second-order valence-electron chi connectivity index (χ2n) is 7.58. The monoisotopic (exact) mass is 396 g/mol. The average molecular weight is 396 g/mol. The molecule has 0 radical (unpaired) electrons. The topological polar surface area (TPSA) is 157 Å². The van der Waals surface area contributed by atoms with Gasteiger partial charge in [0.2, 0.25) is 0 Å². The highest BCUT2D eigenvalue weighted by molar-refractivity contribution is 5.70. The van der Waals surface area contributed by atoms with Gasteiger partial charge in [0.25, 0.3) is 0 Å². The highest BCUT2D eigenvalue weighted by atomic mass is 16.6. The Morgan fingerprint density at radius 2 is 1.39 bits per heavy atom. The maximum Gasteiger partial charge on any atom is 0.435 e. The second kappa shape index (κ2) is 8.50. The fraction of sp³-hybridized carbons (Fsp3) is 0.500. The Bertz CT molecular complexity index is 842. The van der Waals surface area contributed by atoms with Crippen LogP contribution in [0.3, 0.4) is 0 Å². The molecule has 12 nitrogen and oxygen atoms in total. The van der Waals surface area contributed by atoms with E-state index >= 15 is 0 Å². The Morgan fingerprint density at radius 3 is 1.71 bits per heavy atom. The molecule has 2 heterocycles. The molecule has 0 amide bonds. The van der Waals surface area contributed by atoms with Crippen molar-refractivity contribution in [2.24, 2.45) is 0 Å². The van der Waals surface area contributed by atoms with Gasteiger partial charge in [-0.05, 0) is 41.5 Å². The van der Waals surface area contributed by atoms with Crippen LogP contribution in [-0.2, 0) is 9.47 Å². The van der Waals surface area contributed by atoms with Crippen LogP contribution < -0.4 is 5.73 Å². The van der Waals surface area contributed by atoms with Crippen LogP contribution in [0.15, 0.2) is 24.8 Å². The molecule has 0 bridgehead atoms. The van der Waals surface area contributed by atoms with Gasteiger partial charge >= 0.3 is 17.9 Å². The Labute approximate surface area is 161 Å². The lowest BCUT2D eigenvalue weighted by atomic mass is 10.2. The number of nitrogens with zero attached hydrogens (tertiary/aromatic N) is 5. The van der Waals surface area contributed by atoms with E-state index < -0.39 is 28.3 Å². The third kappa shape index (κ3) is 7.85. The maximum absolute atomic E-state index is 11.4. The van der Waals surface area contributed by atoms with Crippen molar-refractivity contribution in [3.63, 3.8) is 0 Å². The molecule has 2 rings (SSSR count). The maximum atomic E-state index is 11.4. The van der Waals surface area contributed by atoms with E-state index in [9.17, 15) is 19.7 Å². The Kier molecular flexibility index (Phi) is 6.86. The molecular formula is C16H24N6O6. The van der Waals surface area contributed by atoms with Gasteiger partial charge in [0.1, 0.15) is 23.6 Å². The molecule has 0 fully saturated rings. The molecule has 0 atom stereocenters. The summed E-state index contributed by atoms with van der Waals surface area (Å²) >= 11 is 0. The van der Waals surface area contributed by atoms with E-state index in [0.29, 0.717) is 5.69 Å². The Hall–Kier alpha value is -3.44. The predicted octanol–water partition coefficient (Wildman–Crippen LogP) is 2.82. The Balaban J connectivity index is 0.000000283. The lowest BCUT2D eigenvalue weighted by Crippen LogP contribution is -2.27. The van der Waals surface area contributed by atoms with Gasteiger partial charge in [-0.1, -0.05) is 0 Å². The van der Waals surface area contributed by atoms with Gasteiger partial charge in [0.15, 0.2) is 0 Å². The molecule has 2 aromatic rings. The fourth-order valence-corrected chi connectivity index (χ4v) is 1.56. The molecule has 0 spiro atoms. The summed E-state index contributed by atoms with van der Waals surface area (Å²) in [5.74, 6) is 0. The molecule has 0 aromatic carbocycles. The SMILES string of the molecule is CC(C)(C)OC(=O)n1cc(N)cn1.CC(C)(C)OC(=O)n1cc([N+](=O)[O-])cn1. The van der Waals surface area contributed by atoms with E-state index in [-0.39, 0.29) is 5.69 Å². The molecule has 28 heavy (non-hydrogen) atoms. The van der Waals surface area contributed by atoms with E-state index in [4.69, 9.17) is 15.2 Å². The summed E-state index contributed by atoms with van der Waals surface area (Å²) in [6.07, 6.45) is 3.54. The van der Waals surface area contributed by atoms with Gasteiger partial charge in [-0.25, -0.2) is 9.59 Å². The van der Waals surface area contributed by atoms with E-state index in [1.54, 1.807) is 41.5 Å². The van der Waals surface area contributed by atoms with E-state index in [0.717, 1.165) is 21.8 Å². The number of nitrogens with two attached hydrogens (primary N) is 1. The van der Waals surface area contributed by atoms with Crippen LogP contribution in [0.2, 0.25) is 0 Å². The number of hydrogen-bond acceptors (Lipinski definition) is 9. The van der Waals surface area contributed by atoms with E-state index in [2.05, 4.69) is 10.2 Å². The lowest BCUT2D eigenvalue weighted by Gasteiger charge is -2.18. The third-order valence-electron chi connectivity index (χ3n) is 2.54. The molecule has 0 saturated carbocycles. The molecule has 0 unspecified atom stereocenters. The van der Waals surface area contributed by atoms with Crippen molar-refractivity contribution in [3.8, 4) is 0 Å². The fourth-order valence-electron chi connectivity index (χ4n) is 1.56. The number of carbonyl (C=O) groups excluding carboxylic acids is 2. The van der Waals surface area contributed by atoms with Crippen molar-refractivity contribution in [3.05, 3.63) is 34.9 Å². The molecule has 0 saturated heterocycles. The normalized spacial score (nSPS) is 11.2. The van der Waals surface area contributed by atoms with Crippen molar-refractivity contribution in [1.82, 2.24) is 19.6 Å². The van der Waals surface area contributed by atoms with Crippen molar-refractivity contribution >= 4 is 23.6 Å². The average Bonchev–Trinajstić information content (AvgIpc) is 3.13. The minimum atomic E-state index is -0.740. The number of anilines is 1. The van der Waals surface area contributed by atoms with Crippen LogP contribution in [0.4, 0.5) is 21.0 Å². The third-order valence-corrected chi connectivity index (χ3v) is 2.54. The summed E-state index contributed by atoms with van der Waals surface area (Å²) in [5, 5.41) is 17.6. The first-order valence-corrected chi connectivity index (χ1v) is 8.14. The molecule has 0 aliphatic heterocycles. The number of nitrogen functional groups attached to an aromatic ring is 1. The number of ether oxygens (including phenoxy) is 2. The quantitative estimate of drug-likeness (QED) is 0.565. The number of rotatable bonds is 1. The molecule has 12 heteroatoms. The molecule has 0 aliphatic rings. The zero-order valence-corrected chi connectivity index (χ0v) is 16.6. The molecule has 154 valence electrons. The molecule has 0 aliphatic carbocycles.